The summed E-state index contributed by atoms with van der Waals surface area (Å²) in [4.78, 5) is 39.1. The molecule has 0 radical (unpaired) electrons. The van der Waals surface area contributed by atoms with Gasteiger partial charge in [-0.25, -0.2) is 0 Å². The van der Waals surface area contributed by atoms with Gasteiger partial charge in [-0.1, -0.05) is 17.7 Å². The van der Waals surface area contributed by atoms with E-state index in [4.69, 9.17) is 16.7 Å². The van der Waals surface area contributed by atoms with Crippen molar-refractivity contribution in [1.82, 2.24) is 4.90 Å². The number of benzene rings is 1. The Bertz CT molecular complexity index is 663. The molecular formula is C16H17ClN2O4. The molecule has 3 rings (SSSR count). The van der Waals surface area contributed by atoms with Crippen molar-refractivity contribution in [2.24, 2.45) is 11.8 Å². The van der Waals surface area contributed by atoms with Gasteiger partial charge in [-0.05, 0) is 31.0 Å². The molecule has 0 aromatic heterocycles. The first-order chi connectivity index (χ1) is 11.0. The van der Waals surface area contributed by atoms with E-state index in [2.05, 4.69) is 0 Å². The molecular weight excluding hydrogens is 320 g/mol. The van der Waals surface area contributed by atoms with Crippen LogP contribution in [0.4, 0.5) is 5.69 Å². The van der Waals surface area contributed by atoms with E-state index in [0.717, 1.165) is 0 Å². The van der Waals surface area contributed by atoms with Crippen molar-refractivity contribution in [3.63, 3.8) is 0 Å². The van der Waals surface area contributed by atoms with Gasteiger partial charge in [0.25, 0.3) is 0 Å². The maximum absolute atomic E-state index is 12.5. The van der Waals surface area contributed by atoms with Crippen molar-refractivity contribution in [3.8, 4) is 0 Å². The number of carboxylic acid groups (broad SMARTS) is 1. The standard InChI is InChI=1S/C16H17ClN2O4/c17-11-2-1-3-12(8-11)19-7-5-13(15(19)21)14(20)18-6-4-10(9-18)16(22)23/h1-3,8,10,13H,4-7,9H2,(H,22,23)/t10-,13+/m0/s1. The first kappa shape index (κ1) is 15.8. The molecule has 0 saturated carbocycles. The van der Waals surface area contributed by atoms with E-state index in [1.54, 1.807) is 29.2 Å². The zero-order chi connectivity index (χ0) is 16.6. The van der Waals surface area contributed by atoms with Crippen molar-refractivity contribution in [1.29, 1.82) is 0 Å². The number of likely N-dealkylation sites (tertiary alicyclic amines) is 1. The second kappa shape index (κ2) is 6.20. The molecule has 2 heterocycles. The smallest absolute Gasteiger partial charge is 0.308 e. The van der Waals surface area contributed by atoms with Gasteiger partial charge in [-0.3, -0.25) is 14.4 Å². The monoisotopic (exact) mass is 336 g/mol. The van der Waals surface area contributed by atoms with E-state index in [9.17, 15) is 14.4 Å². The molecule has 1 N–H and O–H groups in total. The summed E-state index contributed by atoms with van der Waals surface area (Å²) in [5.41, 5.74) is 0.683. The summed E-state index contributed by atoms with van der Waals surface area (Å²) in [5.74, 6) is -2.64. The third-order valence-electron chi connectivity index (χ3n) is 4.47. The molecule has 0 spiro atoms. The quantitative estimate of drug-likeness (QED) is 0.851. The molecule has 0 aliphatic carbocycles. The molecule has 23 heavy (non-hydrogen) atoms. The largest absolute Gasteiger partial charge is 0.481 e. The number of anilines is 1. The van der Waals surface area contributed by atoms with Gasteiger partial charge in [0, 0.05) is 30.3 Å². The van der Waals surface area contributed by atoms with Crippen LogP contribution in [0, 0.1) is 11.8 Å². The van der Waals surface area contributed by atoms with Gasteiger partial charge < -0.3 is 14.9 Å². The molecule has 122 valence electrons. The second-order valence-corrected chi connectivity index (χ2v) is 6.36. The average molecular weight is 337 g/mol. The second-order valence-electron chi connectivity index (χ2n) is 5.92. The summed E-state index contributed by atoms with van der Waals surface area (Å²) in [6.45, 7) is 1.05. The number of carbonyl (C=O) groups is 3. The lowest BCUT2D eigenvalue weighted by Crippen LogP contribution is -2.39. The van der Waals surface area contributed by atoms with Crippen LogP contribution in [0.5, 0.6) is 0 Å². The maximum Gasteiger partial charge on any atom is 0.308 e. The van der Waals surface area contributed by atoms with Crippen molar-refractivity contribution >= 4 is 35.1 Å². The SMILES string of the molecule is O=C(O)[C@H]1CCN(C(=O)[C@H]2CCN(c3cccc(Cl)c3)C2=O)C1. The molecule has 0 bridgehead atoms. The number of hydrogen-bond donors (Lipinski definition) is 1. The number of carbonyl (C=O) groups excluding carboxylic acids is 2. The molecule has 0 unspecified atom stereocenters. The van der Waals surface area contributed by atoms with E-state index in [-0.39, 0.29) is 18.4 Å². The summed E-state index contributed by atoms with van der Waals surface area (Å²) >= 11 is 5.95. The number of amides is 2. The number of rotatable bonds is 3. The molecule has 7 heteroatoms. The minimum atomic E-state index is -0.890. The number of aliphatic carboxylic acids is 1. The summed E-state index contributed by atoms with van der Waals surface area (Å²) in [6, 6.07) is 6.97. The summed E-state index contributed by atoms with van der Waals surface area (Å²) in [5, 5.41) is 9.56. The van der Waals surface area contributed by atoms with Crippen LogP contribution in [0.15, 0.2) is 24.3 Å². The lowest BCUT2D eigenvalue weighted by Gasteiger charge is -2.20. The summed E-state index contributed by atoms with van der Waals surface area (Å²) in [7, 11) is 0. The molecule has 1 aromatic carbocycles. The topological polar surface area (TPSA) is 77.9 Å². The number of halogens is 1. The van der Waals surface area contributed by atoms with Gasteiger partial charge >= 0.3 is 5.97 Å². The highest BCUT2D eigenvalue weighted by Crippen LogP contribution is 2.29. The van der Waals surface area contributed by atoms with Crippen molar-refractivity contribution < 1.29 is 19.5 Å². The molecule has 2 aliphatic rings. The van der Waals surface area contributed by atoms with E-state index >= 15 is 0 Å². The number of nitrogens with zero attached hydrogens (tertiary/aromatic N) is 2. The molecule has 2 saturated heterocycles. The van der Waals surface area contributed by atoms with Crippen LogP contribution in [-0.4, -0.2) is 47.4 Å². The molecule has 2 fully saturated rings. The van der Waals surface area contributed by atoms with Crippen molar-refractivity contribution in [2.45, 2.75) is 12.8 Å². The minimum Gasteiger partial charge on any atom is -0.481 e. The highest BCUT2D eigenvalue weighted by Gasteiger charge is 2.42. The Hall–Kier alpha value is -2.08. The van der Waals surface area contributed by atoms with Crippen LogP contribution in [0.3, 0.4) is 0 Å². The first-order valence-electron chi connectivity index (χ1n) is 7.56. The van der Waals surface area contributed by atoms with Crippen LogP contribution >= 0.6 is 11.6 Å². The van der Waals surface area contributed by atoms with Crippen LogP contribution < -0.4 is 4.90 Å². The molecule has 2 amide bonds. The van der Waals surface area contributed by atoms with E-state index < -0.39 is 17.8 Å². The molecule has 6 nitrogen and oxygen atoms in total. The van der Waals surface area contributed by atoms with Crippen molar-refractivity contribution in [3.05, 3.63) is 29.3 Å². The number of carboxylic acids is 1. The van der Waals surface area contributed by atoms with Gasteiger partial charge in [-0.15, -0.1) is 0 Å². The fraction of sp³-hybridized carbons (Fsp3) is 0.438. The molecule has 2 atom stereocenters. The fourth-order valence-electron chi connectivity index (χ4n) is 3.19. The Kier molecular flexibility index (Phi) is 4.26. The van der Waals surface area contributed by atoms with Crippen LogP contribution in [-0.2, 0) is 14.4 Å². The molecule has 1 aromatic rings. The fourth-order valence-corrected chi connectivity index (χ4v) is 3.38. The van der Waals surface area contributed by atoms with E-state index in [0.29, 0.717) is 36.6 Å². The van der Waals surface area contributed by atoms with Gasteiger partial charge in [-0.2, -0.15) is 0 Å². The van der Waals surface area contributed by atoms with Gasteiger partial charge in [0.1, 0.15) is 5.92 Å². The zero-order valence-corrected chi connectivity index (χ0v) is 13.2. The summed E-state index contributed by atoms with van der Waals surface area (Å²) in [6.07, 6.45) is 0.887. The minimum absolute atomic E-state index is 0.190. The van der Waals surface area contributed by atoms with Crippen LogP contribution in [0.1, 0.15) is 12.8 Å². The van der Waals surface area contributed by atoms with Gasteiger partial charge in [0.15, 0.2) is 0 Å². The Morgan fingerprint density at radius 2 is 2.00 bits per heavy atom. The number of hydrogen-bond acceptors (Lipinski definition) is 3. The Balaban J connectivity index is 1.69. The van der Waals surface area contributed by atoms with E-state index in [1.807, 2.05) is 0 Å². The van der Waals surface area contributed by atoms with Crippen LogP contribution in [0.2, 0.25) is 5.02 Å². The van der Waals surface area contributed by atoms with Crippen LogP contribution in [0.25, 0.3) is 0 Å². The van der Waals surface area contributed by atoms with Crippen molar-refractivity contribution in [2.75, 3.05) is 24.5 Å². The average Bonchev–Trinajstić information content (AvgIpc) is 3.13. The lowest BCUT2D eigenvalue weighted by atomic mass is 10.1. The predicted molar refractivity (Wildman–Crippen MR) is 84.2 cm³/mol. The predicted octanol–water partition coefficient (Wildman–Crippen LogP) is 1.63. The highest BCUT2D eigenvalue weighted by molar-refractivity contribution is 6.31. The van der Waals surface area contributed by atoms with E-state index in [1.165, 1.54) is 4.90 Å². The first-order valence-corrected chi connectivity index (χ1v) is 7.93. The lowest BCUT2D eigenvalue weighted by molar-refractivity contribution is -0.142. The zero-order valence-electron chi connectivity index (χ0n) is 12.4. The van der Waals surface area contributed by atoms with Gasteiger partial charge in [0.05, 0.1) is 5.92 Å². The highest BCUT2D eigenvalue weighted by atomic mass is 35.5. The molecule has 2 aliphatic heterocycles. The third-order valence-corrected chi connectivity index (χ3v) is 4.71. The normalized spacial score (nSPS) is 24.3. The van der Waals surface area contributed by atoms with Gasteiger partial charge in [0.2, 0.25) is 11.8 Å². The Morgan fingerprint density at radius 3 is 2.65 bits per heavy atom. The Labute approximate surface area is 138 Å². The summed E-state index contributed by atoms with van der Waals surface area (Å²) < 4.78 is 0. The maximum atomic E-state index is 12.5. The Morgan fingerprint density at radius 1 is 1.22 bits per heavy atom. The third kappa shape index (κ3) is 3.03.